The smallest absolute Gasteiger partial charge is 0.256 e. The molecule has 2 aromatic carbocycles. The minimum atomic E-state index is -0.418. The molecular formula is C13H9BrClFN2O. The number of rotatable bonds is 2. The molecule has 19 heavy (non-hydrogen) atoms. The second kappa shape index (κ2) is 5.59. The summed E-state index contributed by atoms with van der Waals surface area (Å²) in [5, 5.41) is 3.01. The van der Waals surface area contributed by atoms with Gasteiger partial charge in [-0.3, -0.25) is 4.79 Å². The first-order valence-electron chi connectivity index (χ1n) is 5.29. The van der Waals surface area contributed by atoms with Crippen LogP contribution in [0.3, 0.4) is 0 Å². The van der Waals surface area contributed by atoms with Crippen molar-refractivity contribution in [2.24, 2.45) is 0 Å². The van der Waals surface area contributed by atoms with E-state index < -0.39 is 5.82 Å². The van der Waals surface area contributed by atoms with Gasteiger partial charge in [-0.2, -0.15) is 0 Å². The summed E-state index contributed by atoms with van der Waals surface area (Å²) >= 11 is 9.00. The number of nitrogens with two attached hydrogens (primary N) is 1. The van der Waals surface area contributed by atoms with Crippen molar-refractivity contribution in [3.8, 4) is 0 Å². The van der Waals surface area contributed by atoms with Crippen LogP contribution in [0, 0.1) is 5.82 Å². The Hall–Kier alpha value is -1.59. The van der Waals surface area contributed by atoms with Gasteiger partial charge in [0.1, 0.15) is 5.82 Å². The molecule has 1 amide bonds. The minimum absolute atomic E-state index is 0.328. The fourth-order valence-electron chi connectivity index (χ4n) is 1.48. The van der Waals surface area contributed by atoms with Crippen molar-refractivity contribution < 1.29 is 9.18 Å². The molecular weight excluding hydrogens is 335 g/mol. The lowest BCUT2D eigenvalue weighted by Gasteiger charge is -2.08. The SMILES string of the molecule is Nc1ccc(NC(=O)c2ccc(F)cc2Br)cc1Cl. The highest BCUT2D eigenvalue weighted by Crippen LogP contribution is 2.24. The second-order valence-electron chi connectivity index (χ2n) is 3.81. The molecule has 3 N–H and O–H groups in total. The maximum Gasteiger partial charge on any atom is 0.256 e. The van der Waals surface area contributed by atoms with Gasteiger partial charge >= 0.3 is 0 Å². The van der Waals surface area contributed by atoms with Crippen LogP contribution in [0.25, 0.3) is 0 Å². The van der Waals surface area contributed by atoms with E-state index in [0.29, 0.717) is 26.4 Å². The quantitative estimate of drug-likeness (QED) is 0.807. The number of halogens is 3. The number of hydrogen-bond acceptors (Lipinski definition) is 2. The predicted molar refractivity (Wildman–Crippen MR) is 77.9 cm³/mol. The standard InChI is InChI=1S/C13H9BrClFN2O/c14-10-5-7(16)1-3-9(10)13(19)18-8-2-4-12(17)11(15)6-8/h1-6H,17H2,(H,18,19). The topological polar surface area (TPSA) is 55.1 Å². The van der Waals surface area contributed by atoms with Crippen LogP contribution < -0.4 is 11.1 Å². The van der Waals surface area contributed by atoms with Gasteiger partial charge in [-0.15, -0.1) is 0 Å². The Bertz CT molecular complexity index is 649. The molecule has 98 valence electrons. The van der Waals surface area contributed by atoms with Gasteiger partial charge in [-0.1, -0.05) is 11.6 Å². The third-order valence-corrected chi connectivity index (χ3v) is 3.42. The second-order valence-corrected chi connectivity index (χ2v) is 5.08. The number of hydrogen-bond donors (Lipinski definition) is 2. The molecule has 0 aromatic heterocycles. The van der Waals surface area contributed by atoms with Crippen LogP contribution in [0.4, 0.5) is 15.8 Å². The number of nitrogen functional groups attached to an aromatic ring is 1. The Morgan fingerprint density at radius 3 is 2.63 bits per heavy atom. The van der Waals surface area contributed by atoms with Crippen molar-refractivity contribution in [2.75, 3.05) is 11.1 Å². The molecule has 0 aliphatic heterocycles. The van der Waals surface area contributed by atoms with E-state index in [1.54, 1.807) is 18.2 Å². The molecule has 0 saturated heterocycles. The van der Waals surface area contributed by atoms with Crippen molar-refractivity contribution in [2.45, 2.75) is 0 Å². The van der Waals surface area contributed by atoms with Crippen LogP contribution in [-0.4, -0.2) is 5.91 Å². The van der Waals surface area contributed by atoms with E-state index in [2.05, 4.69) is 21.2 Å². The molecule has 0 spiro atoms. The van der Waals surface area contributed by atoms with Crippen LogP contribution >= 0.6 is 27.5 Å². The summed E-state index contributed by atoms with van der Waals surface area (Å²) in [6.07, 6.45) is 0. The molecule has 2 aromatic rings. The normalized spacial score (nSPS) is 10.3. The molecule has 0 saturated carbocycles. The zero-order chi connectivity index (χ0) is 14.0. The molecule has 6 heteroatoms. The molecule has 2 rings (SSSR count). The van der Waals surface area contributed by atoms with Gasteiger partial charge in [0.2, 0.25) is 0 Å². The molecule has 0 heterocycles. The number of carbonyl (C=O) groups excluding carboxylic acids is 1. The van der Waals surface area contributed by atoms with Gasteiger partial charge < -0.3 is 11.1 Å². The van der Waals surface area contributed by atoms with E-state index in [4.69, 9.17) is 17.3 Å². The fraction of sp³-hybridized carbons (Fsp3) is 0. The summed E-state index contributed by atoms with van der Waals surface area (Å²) in [5.74, 6) is -0.785. The number of carbonyl (C=O) groups is 1. The average Bonchev–Trinajstić information content (AvgIpc) is 2.33. The van der Waals surface area contributed by atoms with Gasteiger partial charge in [0.05, 0.1) is 16.3 Å². The highest BCUT2D eigenvalue weighted by molar-refractivity contribution is 9.10. The molecule has 0 aliphatic rings. The van der Waals surface area contributed by atoms with Gasteiger partial charge in [0.15, 0.2) is 0 Å². The monoisotopic (exact) mass is 342 g/mol. The van der Waals surface area contributed by atoms with E-state index in [-0.39, 0.29) is 5.91 Å². The average molecular weight is 344 g/mol. The van der Waals surface area contributed by atoms with Crippen molar-refractivity contribution in [1.82, 2.24) is 0 Å². The number of amides is 1. The molecule has 0 atom stereocenters. The number of anilines is 2. The molecule has 3 nitrogen and oxygen atoms in total. The highest BCUT2D eigenvalue weighted by atomic mass is 79.9. The first-order chi connectivity index (χ1) is 8.97. The van der Waals surface area contributed by atoms with E-state index >= 15 is 0 Å². The molecule has 0 bridgehead atoms. The van der Waals surface area contributed by atoms with E-state index in [1.807, 2.05) is 0 Å². The third-order valence-electron chi connectivity index (χ3n) is 2.43. The van der Waals surface area contributed by atoms with Crippen molar-refractivity contribution in [3.63, 3.8) is 0 Å². The Morgan fingerprint density at radius 1 is 1.26 bits per heavy atom. The lowest BCUT2D eigenvalue weighted by Crippen LogP contribution is -2.12. The Morgan fingerprint density at radius 2 is 2.00 bits per heavy atom. The Balaban J connectivity index is 2.23. The third kappa shape index (κ3) is 3.24. The van der Waals surface area contributed by atoms with Crippen LogP contribution in [0.2, 0.25) is 5.02 Å². The van der Waals surface area contributed by atoms with E-state index in [9.17, 15) is 9.18 Å². The Kier molecular flexibility index (Phi) is 4.07. The zero-order valence-corrected chi connectivity index (χ0v) is 11.9. The first-order valence-corrected chi connectivity index (χ1v) is 6.46. The summed E-state index contributed by atoms with van der Waals surface area (Å²) in [4.78, 5) is 12.0. The molecule has 0 radical (unpaired) electrons. The largest absolute Gasteiger partial charge is 0.398 e. The lowest BCUT2D eigenvalue weighted by atomic mass is 10.2. The fourth-order valence-corrected chi connectivity index (χ4v) is 2.19. The van der Waals surface area contributed by atoms with Gasteiger partial charge in [-0.05, 0) is 52.3 Å². The lowest BCUT2D eigenvalue weighted by molar-refractivity contribution is 0.102. The van der Waals surface area contributed by atoms with Crippen molar-refractivity contribution >= 4 is 44.8 Å². The molecule has 0 aliphatic carbocycles. The van der Waals surface area contributed by atoms with Gasteiger partial charge in [0.25, 0.3) is 5.91 Å². The summed E-state index contributed by atoms with van der Waals surface area (Å²) in [6, 6.07) is 8.62. The van der Waals surface area contributed by atoms with Crippen LogP contribution in [0.1, 0.15) is 10.4 Å². The number of benzene rings is 2. The van der Waals surface area contributed by atoms with Crippen LogP contribution in [0.5, 0.6) is 0 Å². The van der Waals surface area contributed by atoms with E-state index in [1.165, 1.54) is 18.2 Å². The first kappa shape index (κ1) is 13.8. The molecule has 0 fully saturated rings. The van der Waals surface area contributed by atoms with Crippen LogP contribution in [0.15, 0.2) is 40.9 Å². The minimum Gasteiger partial charge on any atom is -0.398 e. The zero-order valence-electron chi connectivity index (χ0n) is 9.58. The van der Waals surface area contributed by atoms with Gasteiger partial charge in [0, 0.05) is 10.2 Å². The number of nitrogens with one attached hydrogen (secondary N) is 1. The van der Waals surface area contributed by atoms with Crippen LogP contribution in [-0.2, 0) is 0 Å². The Labute approximate surface area is 122 Å². The van der Waals surface area contributed by atoms with Crippen molar-refractivity contribution in [1.29, 1.82) is 0 Å². The predicted octanol–water partition coefficient (Wildman–Crippen LogP) is 4.08. The summed E-state index contributed by atoms with van der Waals surface area (Å²) in [7, 11) is 0. The summed E-state index contributed by atoms with van der Waals surface area (Å²) < 4.78 is 13.3. The summed E-state index contributed by atoms with van der Waals surface area (Å²) in [6.45, 7) is 0. The maximum absolute atomic E-state index is 12.9. The van der Waals surface area contributed by atoms with Gasteiger partial charge in [-0.25, -0.2) is 4.39 Å². The highest BCUT2D eigenvalue weighted by Gasteiger charge is 2.11. The maximum atomic E-state index is 12.9. The molecule has 0 unspecified atom stereocenters. The van der Waals surface area contributed by atoms with Crippen molar-refractivity contribution in [3.05, 3.63) is 57.3 Å². The van der Waals surface area contributed by atoms with E-state index in [0.717, 1.165) is 0 Å². The summed E-state index contributed by atoms with van der Waals surface area (Å²) in [5.41, 5.74) is 6.85.